The highest BCUT2D eigenvalue weighted by molar-refractivity contribution is 5.91. The third kappa shape index (κ3) is 2.90. The summed E-state index contributed by atoms with van der Waals surface area (Å²) in [6.45, 7) is 4.30. The van der Waals surface area contributed by atoms with Crippen LogP contribution in [0.5, 0.6) is 5.75 Å². The highest BCUT2D eigenvalue weighted by atomic mass is 16.3. The van der Waals surface area contributed by atoms with Crippen molar-refractivity contribution < 1.29 is 9.90 Å². The van der Waals surface area contributed by atoms with Gasteiger partial charge in [0, 0.05) is 13.1 Å². The molecule has 0 aliphatic carbocycles. The van der Waals surface area contributed by atoms with Crippen molar-refractivity contribution >= 4 is 11.7 Å². The lowest BCUT2D eigenvalue weighted by molar-refractivity contribution is -0.115. The van der Waals surface area contributed by atoms with E-state index in [-0.39, 0.29) is 18.1 Å². The molecule has 1 aromatic heterocycles. The smallest absolute Gasteiger partial charge is 0.229 e. The summed E-state index contributed by atoms with van der Waals surface area (Å²) >= 11 is 0. The number of phenolic OH excluding ortho intramolecular Hbond substituents is 1. The van der Waals surface area contributed by atoms with Crippen LogP contribution in [0.25, 0.3) is 0 Å². The van der Waals surface area contributed by atoms with E-state index in [4.69, 9.17) is 0 Å². The zero-order valence-corrected chi connectivity index (χ0v) is 11.9. The number of fused-ring (bicyclic) bond motifs is 1. The molecule has 0 fully saturated rings. The highest BCUT2D eigenvalue weighted by Gasteiger charge is 2.15. The molecule has 110 valence electrons. The van der Waals surface area contributed by atoms with Crippen molar-refractivity contribution in [1.29, 1.82) is 0 Å². The van der Waals surface area contributed by atoms with Crippen LogP contribution in [0.15, 0.2) is 24.4 Å². The Hall–Kier alpha value is -2.34. The van der Waals surface area contributed by atoms with Gasteiger partial charge in [0.05, 0.1) is 19.2 Å². The molecular formula is C15H18N4O2. The number of phenols is 1. The van der Waals surface area contributed by atoms with E-state index in [1.54, 1.807) is 24.4 Å². The first-order valence-electron chi connectivity index (χ1n) is 6.97. The van der Waals surface area contributed by atoms with Crippen LogP contribution in [-0.4, -0.2) is 27.1 Å². The lowest BCUT2D eigenvalue weighted by atomic mass is 10.1. The molecule has 0 bridgehead atoms. The van der Waals surface area contributed by atoms with Crippen LogP contribution in [0.4, 0.5) is 5.82 Å². The molecule has 1 aromatic carbocycles. The maximum atomic E-state index is 12.2. The van der Waals surface area contributed by atoms with Gasteiger partial charge in [-0.3, -0.25) is 4.79 Å². The van der Waals surface area contributed by atoms with Crippen LogP contribution in [0.2, 0.25) is 0 Å². The maximum Gasteiger partial charge on any atom is 0.229 e. The number of imidazole rings is 1. The predicted molar refractivity (Wildman–Crippen MR) is 79.1 cm³/mol. The number of amides is 1. The molecule has 1 aliphatic rings. The number of anilines is 1. The third-order valence-corrected chi connectivity index (χ3v) is 3.68. The van der Waals surface area contributed by atoms with Gasteiger partial charge in [-0.2, -0.15) is 0 Å². The Labute approximate surface area is 122 Å². The molecule has 1 aliphatic heterocycles. The quantitative estimate of drug-likeness (QED) is 0.791. The fraction of sp³-hybridized carbons (Fsp3) is 0.333. The number of nitrogens with one attached hydrogen (secondary N) is 2. The van der Waals surface area contributed by atoms with E-state index < -0.39 is 0 Å². The Morgan fingerprint density at radius 1 is 1.52 bits per heavy atom. The SMILES string of the molecule is Cc1cc(O)ccc1CC(=O)Nc1cnc2n1CCNC2. The summed E-state index contributed by atoms with van der Waals surface area (Å²) in [6, 6.07) is 5.04. The van der Waals surface area contributed by atoms with Crippen LogP contribution in [0.3, 0.4) is 0 Å². The minimum Gasteiger partial charge on any atom is -0.508 e. The van der Waals surface area contributed by atoms with E-state index in [1.165, 1.54) is 0 Å². The molecule has 6 nitrogen and oxygen atoms in total. The number of aromatic hydroxyl groups is 1. The molecule has 0 radical (unpaired) electrons. The average molecular weight is 286 g/mol. The molecule has 0 spiro atoms. The molecule has 21 heavy (non-hydrogen) atoms. The maximum absolute atomic E-state index is 12.2. The molecule has 1 amide bonds. The van der Waals surface area contributed by atoms with Crippen molar-refractivity contribution in [2.45, 2.75) is 26.4 Å². The molecule has 0 saturated heterocycles. The van der Waals surface area contributed by atoms with Crippen LogP contribution in [0, 0.1) is 6.92 Å². The number of carbonyl (C=O) groups is 1. The zero-order chi connectivity index (χ0) is 14.8. The predicted octanol–water partition coefficient (Wildman–Crippen LogP) is 1.18. The number of hydrogen-bond donors (Lipinski definition) is 3. The number of aryl methyl sites for hydroxylation is 1. The topological polar surface area (TPSA) is 79.2 Å². The third-order valence-electron chi connectivity index (χ3n) is 3.68. The van der Waals surface area contributed by atoms with Gasteiger partial charge in [-0.25, -0.2) is 4.98 Å². The molecule has 3 N–H and O–H groups in total. The molecule has 0 unspecified atom stereocenters. The van der Waals surface area contributed by atoms with E-state index in [2.05, 4.69) is 15.6 Å². The standard InChI is InChI=1S/C15H18N4O2/c1-10-6-12(20)3-2-11(10)7-15(21)18-14-9-17-13-8-16-4-5-19(13)14/h2-3,6,9,16,20H,4-5,7-8H2,1H3,(H,18,21). The monoisotopic (exact) mass is 286 g/mol. The van der Waals surface area contributed by atoms with Gasteiger partial charge in [0.1, 0.15) is 17.4 Å². The Morgan fingerprint density at radius 2 is 2.38 bits per heavy atom. The number of carbonyl (C=O) groups excluding carboxylic acids is 1. The van der Waals surface area contributed by atoms with Crippen molar-refractivity contribution in [3.05, 3.63) is 41.3 Å². The van der Waals surface area contributed by atoms with Gasteiger partial charge < -0.3 is 20.3 Å². The molecule has 6 heteroatoms. The summed E-state index contributed by atoms with van der Waals surface area (Å²) < 4.78 is 2.03. The highest BCUT2D eigenvalue weighted by Crippen LogP contribution is 2.18. The molecule has 2 aromatic rings. The second kappa shape index (κ2) is 5.57. The van der Waals surface area contributed by atoms with Crippen molar-refractivity contribution in [3.63, 3.8) is 0 Å². The first-order valence-corrected chi connectivity index (χ1v) is 6.97. The summed E-state index contributed by atoms with van der Waals surface area (Å²) in [5.41, 5.74) is 1.81. The zero-order valence-electron chi connectivity index (χ0n) is 11.9. The van der Waals surface area contributed by atoms with Gasteiger partial charge in [-0.15, -0.1) is 0 Å². The van der Waals surface area contributed by atoms with Crippen LogP contribution < -0.4 is 10.6 Å². The minimum atomic E-state index is -0.0787. The molecule has 2 heterocycles. The van der Waals surface area contributed by atoms with Gasteiger partial charge in [-0.05, 0) is 30.2 Å². The molecular weight excluding hydrogens is 268 g/mol. The Morgan fingerprint density at radius 3 is 3.19 bits per heavy atom. The first kappa shape index (κ1) is 13.6. The van der Waals surface area contributed by atoms with Gasteiger partial charge in [0.2, 0.25) is 5.91 Å². The number of hydrogen-bond acceptors (Lipinski definition) is 4. The van der Waals surface area contributed by atoms with Gasteiger partial charge in [-0.1, -0.05) is 6.07 Å². The minimum absolute atomic E-state index is 0.0787. The Bertz CT molecular complexity index is 678. The summed E-state index contributed by atoms with van der Waals surface area (Å²) in [4.78, 5) is 16.5. The second-order valence-electron chi connectivity index (χ2n) is 5.22. The molecule has 3 rings (SSSR count). The van der Waals surface area contributed by atoms with Gasteiger partial charge in [0.25, 0.3) is 0 Å². The summed E-state index contributed by atoms with van der Waals surface area (Å²) in [5.74, 6) is 1.82. The van der Waals surface area contributed by atoms with Crippen LogP contribution >= 0.6 is 0 Å². The number of benzene rings is 1. The van der Waals surface area contributed by atoms with E-state index in [9.17, 15) is 9.90 Å². The second-order valence-corrected chi connectivity index (χ2v) is 5.22. The number of rotatable bonds is 3. The van der Waals surface area contributed by atoms with E-state index in [1.807, 2.05) is 11.5 Å². The number of nitrogens with zero attached hydrogens (tertiary/aromatic N) is 2. The lowest BCUT2D eigenvalue weighted by Gasteiger charge is -2.17. The van der Waals surface area contributed by atoms with E-state index in [0.29, 0.717) is 0 Å². The fourth-order valence-corrected chi connectivity index (χ4v) is 2.53. The lowest BCUT2D eigenvalue weighted by Crippen LogP contribution is -2.29. The summed E-state index contributed by atoms with van der Waals surface area (Å²) in [5, 5.41) is 15.5. The van der Waals surface area contributed by atoms with Crippen molar-refractivity contribution in [1.82, 2.24) is 14.9 Å². The molecule has 0 atom stereocenters. The van der Waals surface area contributed by atoms with Gasteiger partial charge in [0.15, 0.2) is 0 Å². The van der Waals surface area contributed by atoms with Crippen LogP contribution in [-0.2, 0) is 24.3 Å². The number of aromatic nitrogens is 2. The normalized spacial score (nSPS) is 13.8. The van der Waals surface area contributed by atoms with Gasteiger partial charge >= 0.3 is 0 Å². The van der Waals surface area contributed by atoms with Crippen molar-refractivity contribution in [3.8, 4) is 5.75 Å². The van der Waals surface area contributed by atoms with Crippen molar-refractivity contribution in [2.75, 3.05) is 11.9 Å². The molecule has 0 saturated carbocycles. The first-order chi connectivity index (χ1) is 10.1. The Balaban J connectivity index is 1.70. The van der Waals surface area contributed by atoms with E-state index in [0.717, 1.165) is 42.4 Å². The summed E-state index contributed by atoms with van der Waals surface area (Å²) in [7, 11) is 0. The Kier molecular flexibility index (Phi) is 3.62. The average Bonchev–Trinajstić information content (AvgIpc) is 2.85. The summed E-state index contributed by atoms with van der Waals surface area (Å²) in [6.07, 6.45) is 1.98. The van der Waals surface area contributed by atoms with Crippen molar-refractivity contribution in [2.24, 2.45) is 0 Å². The van der Waals surface area contributed by atoms with E-state index >= 15 is 0 Å². The van der Waals surface area contributed by atoms with Crippen LogP contribution in [0.1, 0.15) is 17.0 Å². The fourth-order valence-electron chi connectivity index (χ4n) is 2.53. The largest absolute Gasteiger partial charge is 0.508 e.